The first-order valence-corrected chi connectivity index (χ1v) is 6.88. The Hall–Kier alpha value is -1.10. The first kappa shape index (κ1) is 15.3. The molecule has 2 saturated heterocycles. The summed E-state index contributed by atoms with van der Waals surface area (Å²) in [5, 5.41) is 0. The van der Waals surface area contributed by atoms with Crippen LogP contribution in [0.2, 0.25) is 0 Å². The molecular weight excluding hydrogens is 278 g/mol. The molecule has 0 aromatic heterocycles. The third-order valence-corrected chi connectivity index (χ3v) is 3.84. The number of esters is 1. The number of rotatable bonds is 3. The fraction of sp³-hybridized carbons (Fsp3) is 0.533. The minimum Gasteiger partial charge on any atom is -0.457 e. The summed E-state index contributed by atoms with van der Waals surface area (Å²) in [4.78, 5) is 14.2. The van der Waals surface area contributed by atoms with Gasteiger partial charge in [0.25, 0.3) is 0 Å². The normalized spacial score (nSPS) is 26.9. The molecule has 2 heterocycles. The summed E-state index contributed by atoms with van der Waals surface area (Å²) in [6, 6.07) is 9.99. The Bertz CT molecular complexity index is 434. The van der Waals surface area contributed by atoms with Crippen LogP contribution in [0.4, 0.5) is 0 Å². The molecule has 0 spiro atoms. The quantitative estimate of drug-likeness (QED) is 0.801. The van der Waals surface area contributed by atoms with Crippen molar-refractivity contribution in [2.75, 3.05) is 32.8 Å². The predicted molar refractivity (Wildman–Crippen MR) is 77.9 cm³/mol. The molecule has 2 fully saturated rings. The first-order chi connectivity index (χ1) is 9.33. The number of morpholine rings is 1. The second-order valence-electron chi connectivity index (χ2n) is 5.18. The lowest BCUT2D eigenvalue weighted by Gasteiger charge is -2.27. The van der Waals surface area contributed by atoms with Gasteiger partial charge in [0, 0.05) is 26.1 Å². The van der Waals surface area contributed by atoms with Gasteiger partial charge >= 0.3 is 5.97 Å². The molecule has 110 valence electrons. The van der Waals surface area contributed by atoms with E-state index in [2.05, 4.69) is 4.90 Å². The lowest BCUT2D eigenvalue weighted by Crippen LogP contribution is -2.40. The molecule has 0 aliphatic carbocycles. The van der Waals surface area contributed by atoms with E-state index >= 15 is 0 Å². The second-order valence-corrected chi connectivity index (χ2v) is 5.18. The van der Waals surface area contributed by atoms with Crippen LogP contribution in [0.25, 0.3) is 0 Å². The van der Waals surface area contributed by atoms with Gasteiger partial charge in [0.15, 0.2) is 0 Å². The van der Waals surface area contributed by atoms with Crippen LogP contribution in [0.1, 0.15) is 18.1 Å². The molecule has 0 N–H and O–H groups in total. The van der Waals surface area contributed by atoms with Crippen LogP contribution in [-0.4, -0.2) is 43.7 Å². The fourth-order valence-corrected chi connectivity index (χ4v) is 2.76. The molecule has 2 atom stereocenters. The van der Waals surface area contributed by atoms with Crippen molar-refractivity contribution in [3.8, 4) is 0 Å². The summed E-state index contributed by atoms with van der Waals surface area (Å²) < 4.78 is 10.8. The number of ether oxygens (including phenoxy) is 2. The standard InChI is InChI=1S/C15H19NO3.ClH/c17-15-13(11-16-6-8-18-9-7-16)10-14(19-15)12-4-2-1-3-5-12;/h1-5,13-14H,6-11H2;1H/t13-,14+;/m0./s1. The van der Waals surface area contributed by atoms with Gasteiger partial charge in [0.2, 0.25) is 0 Å². The highest BCUT2D eigenvalue weighted by Crippen LogP contribution is 2.33. The van der Waals surface area contributed by atoms with Crippen LogP contribution in [0.3, 0.4) is 0 Å². The maximum atomic E-state index is 12.0. The van der Waals surface area contributed by atoms with Crippen molar-refractivity contribution in [2.24, 2.45) is 5.92 Å². The Balaban J connectivity index is 0.00000147. The molecule has 1 aromatic rings. The van der Waals surface area contributed by atoms with Crippen LogP contribution in [0, 0.1) is 5.92 Å². The average molecular weight is 298 g/mol. The van der Waals surface area contributed by atoms with Crippen molar-refractivity contribution in [3.05, 3.63) is 35.9 Å². The number of carbonyl (C=O) groups is 1. The van der Waals surface area contributed by atoms with Crippen molar-refractivity contribution in [2.45, 2.75) is 12.5 Å². The molecule has 2 aliphatic heterocycles. The summed E-state index contributed by atoms with van der Waals surface area (Å²) in [7, 11) is 0. The minimum atomic E-state index is -0.0697. The second kappa shape index (κ2) is 7.07. The van der Waals surface area contributed by atoms with Gasteiger partial charge in [0.05, 0.1) is 19.1 Å². The summed E-state index contributed by atoms with van der Waals surface area (Å²) in [6.07, 6.45) is 0.722. The van der Waals surface area contributed by atoms with Crippen LogP contribution in [-0.2, 0) is 14.3 Å². The van der Waals surface area contributed by atoms with E-state index in [9.17, 15) is 4.79 Å². The molecule has 0 bridgehead atoms. The Kier molecular flexibility index (Phi) is 5.40. The van der Waals surface area contributed by atoms with Gasteiger partial charge in [-0.2, -0.15) is 0 Å². The number of cyclic esters (lactones) is 1. The maximum absolute atomic E-state index is 12.0. The zero-order valence-electron chi connectivity index (χ0n) is 11.4. The summed E-state index contributed by atoms with van der Waals surface area (Å²) >= 11 is 0. The van der Waals surface area contributed by atoms with E-state index < -0.39 is 0 Å². The van der Waals surface area contributed by atoms with Crippen molar-refractivity contribution in [1.29, 1.82) is 0 Å². The third kappa shape index (κ3) is 3.51. The Morgan fingerprint density at radius 3 is 2.55 bits per heavy atom. The van der Waals surface area contributed by atoms with Gasteiger partial charge in [-0.25, -0.2) is 0 Å². The monoisotopic (exact) mass is 297 g/mol. The largest absolute Gasteiger partial charge is 0.457 e. The topological polar surface area (TPSA) is 38.8 Å². The van der Waals surface area contributed by atoms with Crippen LogP contribution < -0.4 is 0 Å². The zero-order chi connectivity index (χ0) is 13.1. The van der Waals surface area contributed by atoms with Crippen molar-refractivity contribution >= 4 is 18.4 Å². The molecule has 4 nitrogen and oxygen atoms in total. The number of hydrogen-bond donors (Lipinski definition) is 0. The first-order valence-electron chi connectivity index (χ1n) is 6.88. The fourth-order valence-electron chi connectivity index (χ4n) is 2.76. The van der Waals surface area contributed by atoms with E-state index in [-0.39, 0.29) is 30.4 Å². The molecule has 2 aliphatic rings. The lowest BCUT2D eigenvalue weighted by molar-refractivity contribution is -0.145. The molecular formula is C15H20ClNO3. The van der Waals surface area contributed by atoms with Crippen molar-refractivity contribution in [3.63, 3.8) is 0 Å². The molecule has 0 unspecified atom stereocenters. The zero-order valence-corrected chi connectivity index (χ0v) is 12.2. The molecule has 3 rings (SSSR count). The number of nitrogens with zero attached hydrogens (tertiary/aromatic N) is 1. The summed E-state index contributed by atoms with van der Waals surface area (Å²) in [5.74, 6) is -0.0522. The van der Waals surface area contributed by atoms with Gasteiger partial charge in [0.1, 0.15) is 6.10 Å². The summed E-state index contributed by atoms with van der Waals surface area (Å²) in [6.45, 7) is 4.17. The van der Waals surface area contributed by atoms with E-state index in [0.29, 0.717) is 0 Å². The Morgan fingerprint density at radius 2 is 1.85 bits per heavy atom. The van der Waals surface area contributed by atoms with Crippen LogP contribution in [0.15, 0.2) is 30.3 Å². The SMILES string of the molecule is Cl.O=C1O[C@@H](c2ccccc2)C[C@H]1CN1CCOCC1. The van der Waals surface area contributed by atoms with Crippen molar-refractivity contribution < 1.29 is 14.3 Å². The van der Waals surface area contributed by atoms with Gasteiger partial charge in [-0.15, -0.1) is 12.4 Å². The molecule has 0 saturated carbocycles. The minimum absolute atomic E-state index is 0. The molecule has 0 radical (unpaired) electrons. The van der Waals surface area contributed by atoms with Gasteiger partial charge in [-0.3, -0.25) is 9.69 Å². The number of halogens is 1. The lowest BCUT2D eigenvalue weighted by atomic mass is 9.99. The van der Waals surface area contributed by atoms with E-state index in [4.69, 9.17) is 9.47 Å². The van der Waals surface area contributed by atoms with E-state index in [1.807, 2.05) is 30.3 Å². The highest BCUT2D eigenvalue weighted by molar-refractivity contribution is 5.85. The van der Waals surface area contributed by atoms with E-state index in [0.717, 1.165) is 44.8 Å². The van der Waals surface area contributed by atoms with Crippen LogP contribution in [0.5, 0.6) is 0 Å². The number of carbonyl (C=O) groups excluding carboxylic acids is 1. The molecule has 5 heteroatoms. The highest BCUT2D eigenvalue weighted by atomic mass is 35.5. The molecule has 1 aromatic carbocycles. The number of hydrogen-bond acceptors (Lipinski definition) is 4. The third-order valence-electron chi connectivity index (χ3n) is 3.84. The smallest absolute Gasteiger partial charge is 0.311 e. The van der Waals surface area contributed by atoms with Gasteiger partial charge < -0.3 is 9.47 Å². The highest BCUT2D eigenvalue weighted by Gasteiger charge is 2.36. The van der Waals surface area contributed by atoms with E-state index in [1.54, 1.807) is 0 Å². The van der Waals surface area contributed by atoms with E-state index in [1.165, 1.54) is 0 Å². The maximum Gasteiger partial charge on any atom is 0.311 e. The van der Waals surface area contributed by atoms with Crippen LogP contribution >= 0.6 is 12.4 Å². The summed E-state index contributed by atoms with van der Waals surface area (Å²) in [5.41, 5.74) is 1.10. The molecule has 0 amide bonds. The predicted octanol–water partition coefficient (Wildman–Crippen LogP) is 2.04. The van der Waals surface area contributed by atoms with Crippen molar-refractivity contribution in [1.82, 2.24) is 4.90 Å². The number of benzene rings is 1. The van der Waals surface area contributed by atoms with Gasteiger partial charge in [-0.1, -0.05) is 30.3 Å². The van der Waals surface area contributed by atoms with Gasteiger partial charge in [-0.05, 0) is 5.56 Å². The Labute approximate surface area is 125 Å². The molecule has 20 heavy (non-hydrogen) atoms. The Morgan fingerprint density at radius 1 is 1.15 bits per heavy atom. The average Bonchev–Trinajstić information content (AvgIpc) is 2.82.